The maximum absolute atomic E-state index is 14.2. The van der Waals surface area contributed by atoms with E-state index in [0.29, 0.717) is 44.6 Å². The molecule has 0 bridgehead atoms. The molecule has 0 radical (unpaired) electrons. The van der Waals surface area contributed by atoms with Crippen LogP contribution in [0.15, 0.2) is 6.20 Å². The van der Waals surface area contributed by atoms with Gasteiger partial charge in [0, 0.05) is 32.2 Å². The van der Waals surface area contributed by atoms with E-state index >= 15 is 0 Å². The molecule has 24 heavy (non-hydrogen) atoms. The second-order valence-corrected chi connectivity index (χ2v) is 6.60. The lowest BCUT2D eigenvalue weighted by molar-refractivity contribution is -0.134. The Morgan fingerprint density at radius 2 is 2.04 bits per heavy atom. The Morgan fingerprint density at radius 3 is 2.83 bits per heavy atom. The highest BCUT2D eigenvalue weighted by molar-refractivity contribution is 5.86. The van der Waals surface area contributed by atoms with Crippen LogP contribution < -0.4 is 9.80 Å². The molecular weight excluding hydrogens is 313 g/mol. The van der Waals surface area contributed by atoms with E-state index in [9.17, 15) is 9.18 Å². The minimum absolute atomic E-state index is 0.115. The van der Waals surface area contributed by atoms with Gasteiger partial charge in [-0.05, 0) is 19.8 Å². The maximum atomic E-state index is 14.2. The normalized spacial score (nSPS) is 27.6. The number of nitrogens with zero attached hydrogens (tertiary/aromatic N) is 5. The Hall–Kier alpha value is -1.96. The number of anilines is 2. The molecule has 3 aliphatic heterocycles. The minimum Gasteiger partial charge on any atom is -0.378 e. The fourth-order valence-corrected chi connectivity index (χ4v) is 3.81. The second kappa shape index (κ2) is 6.16. The van der Waals surface area contributed by atoms with Crippen molar-refractivity contribution in [2.24, 2.45) is 0 Å². The fourth-order valence-electron chi connectivity index (χ4n) is 3.81. The van der Waals surface area contributed by atoms with Gasteiger partial charge in [0.2, 0.25) is 11.9 Å². The molecule has 3 fully saturated rings. The monoisotopic (exact) mass is 335 g/mol. The van der Waals surface area contributed by atoms with Gasteiger partial charge in [0.1, 0.15) is 6.04 Å². The average Bonchev–Trinajstić information content (AvgIpc) is 3.08. The summed E-state index contributed by atoms with van der Waals surface area (Å²) in [5, 5.41) is 0. The number of morpholine rings is 1. The highest BCUT2D eigenvalue weighted by Gasteiger charge is 2.41. The van der Waals surface area contributed by atoms with E-state index in [2.05, 4.69) is 9.97 Å². The molecule has 0 aromatic carbocycles. The molecule has 0 N–H and O–H groups in total. The first-order valence-electron chi connectivity index (χ1n) is 8.57. The van der Waals surface area contributed by atoms with E-state index in [1.54, 1.807) is 0 Å². The molecule has 3 aliphatic rings. The van der Waals surface area contributed by atoms with E-state index in [1.165, 1.54) is 6.20 Å². The molecule has 0 aliphatic carbocycles. The quantitative estimate of drug-likeness (QED) is 0.791. The van der Waals surface area contributed by atoms with Crippen molar-refractivity contribution in [2.75, 3.05) is 49.2 Å². The minimum atomic E-state index is -0.431. The van der Waals surface area contributed by atoms with Crippen LogP contribution in [0.5, 0.6) is 0 Å². The molecular formula is C16H22FN5O2. The van der Waals surface area contributed by atoms with E-state index in [1.807, 2.05) is 21.6 Å². The van der Waals surface area contributed by atoms with Crippen molar-refractivity contribution >= 4 is 17.7 Å². The van der Waals surface area contributed by atoms with Crippen molar-refractivity contribution in [1.82, 2.24) is 14.9 Å². The van der Waals surface area contributed by atoms with Gasteiger partial charge >= 0.3 is 0 Å². The molecule has 0 saturated carbocycles. The second-order valence-electron chi connectivity index (χ2n) is 6.60. The Bertz CT molecular complexity index is 637. The van der Waals surface area contributed by atoms with Crippen molar-refractivity contribution in [3.8, 4) is 0 Å². The van der Waals surface area contributed by atoms with Gasteiger partial charge in [-0.3, -0.25) is 4.79 Å². The molecule has 130 valence electrons. The van der Waals surface area contributed by atoms with Crippen LogP contribution in [0.3, 0.4) is 0 Å². The molecule has 1 aromatic rings. The molecule has 4 rings (SSSR count). The molecule has 8 heteroatoms. The van der Waals surface area contributed by atoms with Crippen molar-refractivity contribution < 1.29 is 13.9 Å². The SMILES string of the molecule is C[C@@H]1C(=O)N2CCC[C@@H]2CN1c1ncc(F)c(N2CCOCC2)n1. The molecule has 0 spiro atoms. The largest absolute Gasteiger partial charge is 0.378 e. The average molecular weight is 335 g/mol. The van der Waals surface area contributed by atoms with E-state index in [-0.39, 0.29) is 18.0 Å². The van der Waals surface area contributed by atoms with Crippen molar-refractivity contribution in [3.63, 3.8) is 0 Å². The number of fused-ring (bicyclic) bond motifs is 1. The van der Waals surface area contributed by atoms with Crippen LogP contribution in [0.2, 0.25) is 0 Å². The lowest BCUT2D eigenvalue weighted by Crippen LogP contribution is -2.59. The predicted octanol–water partition coefficient (Wildman–Crippen LogP) is 0.652. The lowest BCUT2D eigenvalue weighted by Gasteiger charge is -2.41. The number of hydrogen-bond donors (Lipinski definition) is 0. The first kappa shape index (κ1) is 15.6. The van der Waals surface area contributed by atoms with Crippen LogP contribution in [0.25, 0.3) is 0 Å². The highest BCUT2D eigenvalue weighted by Crippen LogP contribution is 2.29. The highest BCUT2D eigenvalue weighted by atomic mass is 19.1. The molecule has 7 nitrogen and oxygen atoms in total. The summed E-state index contributed by atoms with van der Waals surface area (Å²) in [5.74, 6) is 0.422. The summed E-state index contributed by atoms with van der Waals surface area (Å²) in [6.45, 7) is 5.77. The number of hydrogen-bond acceptors (Lipinski definition) is 6. The standard InChI is InChI=1S/C16H22FN5O2/c1-11-15(23)21-4-2-3-12(21)10-22(11)16-18-9-13(17)14(19-16)20-5-7-24-8-6-20/h9,11-12H,2-8,10H2,1H3/t11-,12-/m1/s1. The molecule has 2 atom stereocenters. The van der Waals surface area contributed by atoms with Crippen LogP contribution in [-0.2, 0) is 9.53 Å². The predicted molar refractivity (Wildman–Crippen MR) is 86.6 cm³/mol. The first-order valence-corrected chi connectivity index (χ1v) is 8.57. The van der Waals surface area contributed by atoms with Crippen molar-refractivity contribution in [1.29, 1.82) is 0 Å². The van der Waals surface area contributed by atoms with E-state index < -0.39 is 5.82 Å². The number of carbonyl (C=O) groups excluding carboxylic acids is 1. The van der Waals surface area contributed by atoms with Crippen LogP contribution in [0.4, 0.5) is 16.2 Å². The van der Waals surface area contributed by atoms with E-state index in [4.69, 9.17) is 4.74 Å². The number of piperazine rings is 1. The lowest BCUT2D eigenvalue weighted by atomic mass is 10.1. The number of halogens is 1. The van der Waals surface area contributed by atoms with Gasteiger partial charge in [-0.15, -0.1) is 0 Å². The summed E-state index contributed by atoms with van der Waals surface area (Å²) in [6.07, 6.45) is 3.26. The van der Waals surface area contributed by atoms with Crippen LogP contribution in [-0.4, -0.2) is 72.3 Å². The van der Waals surface area contributed by atoms with Gasteiger partial charge in [-0.25, -0.2) is 9.37 Å². The van der Waals surface area contributed by atoms with Crippen LogP contribution >= 0.6 is 0 Å². The van der Waals surface area contributed by atoms with Crippen LogP contribution in [0, 0.1) is 5.82 Å². The van der Waals surface area contributed by atoms with Crippen LogP contribution in [0.1, 0.15) is 19.8 Å². The molecule has 3 saturated heterocycles. The molecule has 1 aromatic heterocycles. The van der Waals surface area contributed by atoms with Gasteiger partial charge in [0.05, 0.1) is 19.4 Å². The van der Waals surface area contributed by atoms with Gasteiger partial charge in [-0.2, -0.15) is 4.98 Å². The van der Waals surface area contributed by atoms with Crippen molar-refractivity contribution in [3.05, 3.63) is 12.0 Å². The number of amides is 1. The number of aromatic nitrogens is 2. The molecule has 4 heterocycles. The number of ether oxygens (including phenoxy) is 1. The number of rotatable bonds is 2. The maximum Gasteiger partial charge on any atom is 0.245 e. The van der Waals surface area contributed by atoms with Gasteiger partial charge in [-0.1, -0.05) is 0 Å². The molecule has 0 unspecified atom stereocenters. The van der Waals surface area contributed by atoms with E-state index in [0.717, 1.165) is 19.4 Å². The third-order valence-corrected chi connectivity index (χ3v) is 5.17. The topological polar surface area (TPSA) is 61.8 Å². The summed E-state index contributed by atoms with van der Waals surface area (Å²) in [6, 6.07) is -0.100. The zero-order valence-corrected chi connectivity index (χ0v) is 13.8. The summed E-state index contributed by atoms with van der Waals surface area (Å²) < 4.78 is 19.5. The first-order chi connectivity index (χ1) is 11.6. The fraction of sp³-hybridized carbons (Fsp3) is 0.688. The Balaban J connectivity index is 1.62. The zero-order chi connectivity index (χ0) is 16.7. The summed E-state index contributed by atoms with van der Waals surface area (Å²) in [4.78, 5) is 27.0. The van der Waals surface area contributed by atoms with Gasteiger partial charge < -0.3 is 19.4 Å². The van der Waals surface area contributed by atoms with Gasteiger partial charge in [0.25, 0.3) is 0 Å². The van der Waals surface area contributed by atoms with Crippen molar-refractivity contribution in [2.45, 2.75) is 31.8 Å². The number of carbonyl (C=O) groups is 1. The Morgan fingerprint density at radius 1 is 1.25 bits per heavy atom. The Kier molecular flexibility index (Phi) is 3.99. The third kappa shape index (κ3) is 2.58. The third-order valence-electron chi connectivity index (χ3n) is 5.17. The smallest absolute Gasteiger partial charge is 0.245 e. The van der Waals surface area contributed by atoms with Gasteiger partial charge in [0.15, 0.2) is 11.6 Å². The zero-order valence-electron chi connectivity index (χ0n) is 13.8. The summed E-state index contributed by atoms with van der Waals surface area (Å²) in [7, 11) is 0. The molecule has 1 amide bonds. The summed E-state index contributed by atoms with van der Waals surface area (Å²) in [5.41, 5.74) is 0. The summed E-state index contributed by atoms with van der Waals surface area (Å²) >= 11 is 0. The Labute approximate surface area is 140 Å².